The van der Waals surface area contributed by atoms with Gasteiger partial charge in [0, 0.05) is 49.9 Å². The number of aromatic nitrogens is 2. The second-order valence-electron chi connectivity index (χ2n) is 8.60. The highest BCUT2D eigenvalue weighted by Crippen LogP contribution is 2.39. The van der Waals surface area contributed by atoms with Crippen LogP contribution in [0.1, 0.15) is 36.2 Å². The van der Waals surface area contributed by atoms with Crippen molar-refractivity contribution in [3.05, 3.63) is 41.3 Å². The average Bonchev–Trinajstić information content (AvgIpc) is 2.74. The zero-order chi connectivity index (χ0) is 23.9. The smallest absolute Gasteiger partial charge is 0.284 e. The first-order chi connectivity index (χ1) is 15.6. The third-order valence-electron chi connectivity index (χ3n) is 6.08. The Morgan fingerprint density at radius 2 is 2.03 bits per heavy atom. The lowest BCUT2D eigenvalue weighted by molar-refractivity contribution is -0.220. The van der Waals surface area contributed by atoms with E-state index in [2.05, 4.69) is 20.6 Å². The van der Waals surface area contributed by atoms with Crippen molar-refractivity contribution in [3.63, 3.8) is 0 Å². The molecule has 1 amide bonds. The number of carbonyl (C=O) groups is 1. The standard InChI is InChI=1S/C22H27F3N6O2/c1-4-26-19(32)16-6-5-13(7-12(16)2)28-21-27-9-17(23)18(29-21)30-10-14-8-15(11-30)31(14)20(33)22(3,24)25/h5-7,9,14-15,20,33H,4,8,10-11H2,1-3H3,(H,26,32)(H,27,28,29). The fourth-order valence-corrected chi connectivity index (χ4v) is 4.49. The number of piperazine rings is 1. The molecule has 0 aliphatic carbocycles. The van der Waals surface area contributed by atoms with Gasteiger partial charge in [-0.25, -0.2) is 18.2 Å². The van der Waals surface area contributed by atoms with Crippen molar-refractivity contribution in [3.8, 4) is 0 Å². The third-order valence-corrected chi connectivity index (χ3v) is 6.08. The summed E-state index contributed by atoms with van der Waals surface area (Å²) in [6, 6.07) is 4.57. The number of piperidine rings is 1. The monoisotopic (exact) mass is 464 g/mol. The van der Waals surface area contributed by atoms with Gasteiger partial charge in [0.05, 0.1) is 6.20 Å². The summed E-state index contributed by atoms with van der Waals surface area (Å²) in [7, 11) is 0. The van der Waals surface area contributed by atoms with E-state index in [9.17, 15) is 23.1 Å². The summed E-state index contributed by atoms with van der Waals surface area (Å²) >= 11 is 0. The number of anilines is 3. The quantitative estimate of drug-likeness (QED) is 0.580. The van der Waals surface area contributed by atoms with Crippen molar-refractivity contribution in [2.24, 2.45) is 0 Å². The first kappa shape index (κ1) is 23.2. The molecule has 33 heavy (non-hydrogen) atoms. The molecule has 0 radical (unpaired) electrons. The van der Waals surface area contributed by atoms with Crippen LogP contribution in [0, 0.1) is 12.7 Å². The van der Waals surface area contributed by atoms with Crippen LogP contribution in [-0.2, 0) is 0 Å². The van der Waals surface area contributed by atoms with E-state index < -0.39 is 18.0 Å². The van der Waals surface area contributed by atoms with E-state index in [-0.39, 0.29) is 42.8 Å². The molecule has 3 N–H and O–H groups in total. The van der Waals surface area contributed by atoms with E-state index in [1.54, 1.807) is 23.1 Å². The Hall–Kier alpha value is -2.92. The van der Waals surface area contributed by atoms with Crippen LogP contribution in [0.4, 0.5) is 30.6 Å². The number of nitrogens with zero attached hydrogens (tertiary/aromatic N) is 4. The van der Waals surface area contributed by atoms with Gasteiger partial charge < -0.3 is 20.6 Å². The van der Waals surface area contributed by atoms with Gasteiger partial charge in [0.2, 0.25) is 5.95 Å². The lowest BCUT2D eigenvalue weighted by Gasteiger charge is -2.58. The predicted molar refractivity (Wildman–Crippen MR) is 117 cm³/mol. The second-order valence-corrected chi connectivity index (χ2v) is 8.60. The first-order valence-electron chi connectivity index (χ1n) is 10.8. The number of nitrogens with one attached hydrogen (secondary N) is 2. The minimum Gasteiger partial charge on any atom is -0.372 e. The topological polar surface area (TPSA) is 93.6 Å². The molecule has 1 aromatic heterocycles. The van der Waals surface area contributed by atoms with Crippen LogP contribution in [0.5, 0.6) is 0 Å². The van der Waals surface area contributed by atoms with E-state index in [4.69, 9.17) is 0 Å². The molecule has 5 rings (SSSR count). The summed E-state index contributed by atoms with van der Waals surface area (Å²) in [5.41, 5.74) is 1.95. The van der Waals surface area contributed by atoms with Gasteiger partial charge in [0.25, 0.3) is 11.8 Å². The number of aryl methyl sites for hydroxylation is 1. The number of fused-ring (bicyclic) bond motifs is 2. The average molecular weight is 464 g/mol. The maximum Gasteiger partial charge on any atom is 0.284 e. The van der Waals surface area contributed by atoms with E-state index in [1.807, 2.05) is 13.8 Å². The Kier molecular flexibility index (Phi) is 6.19. The molecule has 3 aliphatic heterocycles. The number of aliphatic hydroxyl groups is 1. The number of halogens is 3. The summed E-state index contributed by atoms with van der Waals surface area (Å²) in [6.07, 6.45) is -0.131. The van der Waals surface area contributed by atoms with Gasteiger partial charge in [-0.15, -0.1) is 0 Å². The lowest BCUT2D eigenvalue weighted by atomic mass is 9.86. The normalized spacial score (nSPS) is 21.4. The van der Waals surface area contributed by atoms with Gasteiger partial charge in [0.1, 0.15) is 0 Å². The number of aliphatic hydroxyl groups excluding tert-OH is 1. The van der Waals surface area contributed by atoms with Crippen molar-refractivity contribution in [2.45, 2.75) is 51.4 Å². The first-order valence-corrected chi connectivity index (χ1v) is 10.8. The van der Waals surface area contributed by atoms with Crippen molar-refractivity contribution in [2.75, 3.05) is 29.9 Å². The Labute approximate surface area is 189 Å². The molecule has 3 fully saturated rings. The molecular weight excluding hydrogens is 437 g/mol. The molecule has 3 saturated heterocycles. The van der Waals surface area contributed by atoms with Gasteiger partial charge in [-0.05, 0) is 44.0 Å². The number of alkyl halides is 2. The summed E-state index contributed by atoms with van der Waals surface area (Å²) in [5, 5.41) is 15.7. The van der Waals surface area contributed by atoms with Crippen LogP contribution in [0.15, 0.2) is 24.4 Å². The molecule has 2 bridgehead atoms. The second kappa shape index (κ2) is 8.79. The summed E-state index contributed by atoms with van der Waals surface area (Å²) in [6.45, 7) is 5.43. The van der Waals surface area contributed by atoms with Crippen LogP contribution >= 0.6 is 0 Å². The number of benzene rings is 1. The Morgan fingerprint density at radius 3 is 2.64 bits per heavy atom. The van der Waals surface area contributed by atoms with Crippen LogP contribution < -0.4 is 15.5 Å². The number of hydrogen-bond donors (Lipinski definition) is 3. The summed E-state index contributed by atoms with van der Waals surface area (Å²) in [4.78, 5) is 23.5. The van der Waals surface area contributed by atoms with E-state index in [0.717, 1.165) is 11.8 Å². The largest absolute Gasteiger partial charge is 0.372 e. The molecule has 11 heteroatoms. The zero-order valence-corrected chi connectivity index (χ0v) is 18.6. The molecule has 2 aromatic rings. The maximum atomic E-state index is 14.5. The number of carbonyl (C=O) groups excluding carboxylic acids is 1. The van der Waals surface area contributed by atoms with E-state index in [0.29, 0.717) is 31.1 Å². The predicted octanol–water partition coefficient (Wildman–Crippen LogP) is 2.65. The Morgan fingerprint density at radius 1 is 1.33 bits per heavy atom. The molecule has 0 saturated carbocycles. The van der Waals surface area contributed by atoms with E-state index >= 15 is 0 Å². The third kappa shape index (κ3) is 4.60. The summed E-state index contributed by atoms with van der Waals surface area (Å²) in [5.74, 6) is -3.76. The van der Waals surface area contributed by atoms with Gasteiger partial charge in [-0.2, -0.15) is 4.98 Å². The number of hydrogen-bond acceptors (Lipinski definition) is 7. The Balaban J connectivity index is 1.47. The van der Waals surface area contributed by atoms with Crippen molar-refractivity contribution in [1.82, 2.24) is 20.2 Å². The van der Waals surface area contributed by atoms with Gasteiger partial charge in [-0.3, -0.25) is 9.69 Å². The molecule has 3 aliphatic rings. The van der Waals surface area contributed by atoms with Crippen molar-refractivity contribution >= 4 is 23.4 Å². The van der Waals surface area contributed by atoms with Gasteiger partial charge in [-0.1, -0.05) is 0 Å². The van der Waals surface area contributed by atoms with Gasteiger partial charge in [0.15, 0.2) is 17.9 Å². The highest BCUT2D eigenvalue weighted by molar-refractivity contribution is 5.96. The van der Waals surface area contributed by atoms with Crippen molar-refractivity contribution in [1.29, 1.82) is 0 Å². The number of rotatable bonds is 7. The molecule has 0 spiro atoms. The fraction of sp³-hybridized carbons (Fsp3) is 0.500. The lowest BCUT2D eigenvalue weighted by Crippen LogP contribution is -2.73. The highest BCUT2D eigenvalue weighted by Gasteiger charge is 2.53. The van der Waals surface area contributed by atoms with Crippen LogP contribution in [0.3, 0.4) is 0 Å². The SMILES string of the molecule is CCNC(=O)c1ccc(Nc2ncc(F)c(N3CC4CC(C3)N4C(O)C(C)(F)F)n2)cc1C. The highest BCUT2D eigenvalue weighted by atomic mass is 19.3. The Bertz CT molecular complexity index is 1040. The molecule has 3 unspecified atom stereocenters. The maximum absolute atomic E-state index is 14.5. The van der Waals surface area contributed by atoms with Crippen LogP contribution in [0.25, 0.3) is 0 Å². The number of amides is 1. The molecular formula is C22H27F3N6O2. The molecule has 8 nitrogen and oxygen atoms in total. The fourth-order valence-electron chi connectivity index (χ4n) is 4.49. The molecule has 3 atom stereocenters. The molecule has 4 heterocycles. The van der Waals surface area contributed by atoms with Crippen LogP contribution in [0.2, 0.25) is 0 Å². The van der Waals surface area contributed by atoms with Crippen LogP contribution in [-0.4, -0.2) is 69.7 Å². The molecule has 178 valence electrons. The molecule has 1 aromatic carbocycles. The van der Waals surface area contributed by atoms with Crippen molar-refractivity contribution < 1.29 is 23.1 Å². The minimum atomic E-state index is -3.23. The zero-order valence-electron chi connectivity index (χ0n) is 18.6. The minimum absolute atomic E-state index is 0.0789. The van der Waals surface area contributed by atoms with E-state index in [1.165, 1.54) is 4.90 Å². The van der Waals surface area contributed by atoms with Gasteiger partial charge >= 0.3 is 0 Å². The summed E-state index contributed by atoms with van der Waals surface area (Å²) < 4.78 is 41.7.